The second-order valence-electron chi connectivity index (χ2n) is 5.13. The molecule has 1 atom stereocenters. The predicted octanol–water partition coefficient (Wildman–Crippen LogP) is 2.46. The summed E-state index contributed by atoms with van der Waals surface area (Å²) >= 11 is 5.93. The van der Waals surface area contributed by atoms with Gasteiger partial charge in [0, 0.05) is 12.2 Å². The third kappa shape index (κ3) is 2.76. The van der Waals surface area contributed by atoms with E-state index in [2.05, 4.69) is 5.32 Å². The van der Waals surface area contributed by atoms with Gasteiger partial charge in [-0.1, -0.05) is 18.5 Å². The molecule has 2 N–H and O–H groups in total. The van der Waals surface area contributed by atoms with Gasteiger partial charge in [0.05, 0.1) is 5.02 Å². The number of carbonyl (C=O) groups is 2. The molecule has 5 nitrogen and oxygen atoms in total. The van der Waals surface area contributed by atoms with E-state index in [1.54, 1.807) is 19.2 Å². The Kier molecular flexibility index (Phi) is 3.58. The third-order valence-electron chi connectivity index (χ3n) is 3.56. The normalized spacial score (nSPS) is 17.8. The van der Waals surface area contributed by atoms with Gasteiger partial charge in [-0.05, 0) is 32.3 Å². The largest absolute Gasteiger partial charge is 0.480 e. The number of hydrogen-bond donors (Lipinski definition) is 2. The molecule has 104 valence electrons. The summed E-state index contributed by atoms with van der Waals surface area (Å²) in [6.45, 7) is 3.22. The minimum atomic E-state index is -1.26. The van der Waals surface area contributed by atoms with Crippen LogP contribution in [0.15, 0.2) is 12.3 Å². The van der Waals surface area contributed by atoms with Crippen molar-refractivity contribution in [3.8, 4) is 0 Å². The molecule has 19 heavy (non-hydrogen) atoms. The van der Waals surface area contributed by atoms with Crippen LogP contribution in [0.3, 0.4) is 0 Å². The summed E-state index contributed by atoms with van der Waals surface area (Å²) < 4.78 is 1.83. The summed E-state index contributed by atoms with van der Waals surface area (Å²) in [6.07, 6.45) is 4.08. The maximum atomic E-state index is 12.2. The van der Waals surface area contributed by atoms with Crippen molar-refractivity contribution in [2.24, 2.45) is 0 Å². The van der Waals surface area contributed by atoms with Crippen molar-refractivity contribution in [1.29, 1.82) is 0 Å². The zero-order chi connectivity index (χ0) is 14.2. The van der Waals surface area contributed by atoms with Gasteiger partial charge in [-0.15, -0.1) is 0 Å². The van der Waals surface area contributed by atoms with Crippen LogP contribution in [-0.4, -0.2) is 27.1 Å². The molecule has 1 heterocycles. The van der Waals surface area contributed by atoms with E-state index in [-0.39, 0.29) is 0 Å². The molecule has 1 aromatic heterocycles. The number of nitrogens with zero attached hydrogens (tertiary/aromatic N) is 1. The first-order valence-corrected chi connectivity index (χ1v) is 6.68. The molecule has 1 aliphatic carbocycles. The number of rotatable bonds is 5. The molecule has 0 aromatic carbocycles. The number of nitrogens with one attached hydrogen (secondary N) is 1. The van der Waals surface area contributed by atoms with Gasteiger partial charge in [-0.2, -0.15) is 0 Å². The molecular weight excluding hydrogens is 268 g/mol. The van der Waals surface area contributed by atoms with Crippen molar-refractivity contribution in [2.75, 3.05) is 0 Å². The highest BCUT2D eigenvalue weighted by Gasteiger charge is 2.35. The van der Waals surface area contributed by atoms with Gasteiger partial charge in [0.25, 0.3) is 5.91 Å². The number of carbonyl (C=O) groups excluding carboxylic acids is 1. The quantitative estimate of drug-likeness (QED) is 0.872. The molecular formula is C13H17ClN2O3. The van der Waals surface area contributed by atoms with Crippen molar-refractivity contribution in [2.45, 2.75) is 44.7 Å². The zero-order valence-corrected chi connectivity index (χ0v) is 11.7. The van der Waals surface area contributed by atoms with Crippen LogP contribution >= 0.6 is 11.6 Å². The molecule has 0 spiro atoms. The summed E-state index contributed by atoms with van der Waals surface area (Å²) in [5, 5.41) is 12.2. The van der Waals surface area contributed by atoms with Crippen LogP contribution < -0.4 is 5.32 Å². The SMILES string of the molecule is CCC(C)(NC(=O)c1cc(Cl)cn1C1CC1)C(=O)O. The first kappa shape index (κ1) is 13.9. The van der Waals surface area contributed by atoms with Gasteiger partial charge >= 0.3 is 5.97 Å². The van der Waals surface area contributed by atoms with Crippen molar-refractivity contribution < 1.29 is 14.7 Å². The molecule has 0 radical (unpaired) electrons. The standard InChI is InChI=1S/C13H17ClN2O3/c1-3-13(2,12(18)19)15-11(17)10-6-8(14)7-16(10)9-4-5-9/h6-7,9H,3-5H2,1-2H3,(H,15,17)(H,18,19). The molecule has 0 saturated heterocycles. The van der Waals surface area contributed by atoms with Crippen molar-refractivity contribution in [3.05, 3.63) is 23.0 Å². The average Bonchev–Trinajstić information content (AvgIpc) is 3.11. The van der Waals surface area contributed by atoms with Crippen LogP contribution in [0.2, 0.25) is 5.02 Å². The van der Waals surface area contributed by atoms with Gasteiger partial charge in [0.2, 0.25) is 0 Å². The monoisotopic (exact) mass is 284 g/mol. The van der Waals surface area contributed by atoms with E-state index in [0.717, 1.165) is 12.8 Å². The molecule has 2 rings (SSSR count). The minimum absolute atomic E-state index is 0.311. The Balaban J connectivity index is 2.22. The smallest absolute Gasteiger partial charge is 0.329 e. The van der Waals surface area contributed by atoms with E-state index in [0.29, 0.717) is 23.2 Å². The van der Waals surface area contributed by atoms with E-state index in [4.69, 9.17) is 11.6 Å². The number of halogens is 1. The Bertz CT molecular complexity index is 522. The lowest BCUT2D eigenvalue weighted by atomic mass is 9.99. The molecule has 1 saturated carbocycles. The van der Waals surface area contributed by atoms with Crippen LogP contribution in [0.25, 0.3) is 0 Å². The van der Waals surface area contributed by atoms with E-state index in [1.165, 1.54) is 6.92 Å². The molecule has 1 unspecified atom stereocenters. The Hall–Kier alpha value is -1.49. The highest BCUT2D eigenvalue weighted by molar-refractivity contribution is 6.31. The fraction of sp³-hybridized carbons (Fsp3) is 0.538. The van der Waals surface area contributed by atoms with Gasteiger partial charge in [0.15, 0.2) is 0 Å². The number of aliphatic carboxylic acids is 1. The summed E-state index contributed by atoms with van der Waals surface area (Å²) in [7, 11) is 0. The Morgan fingerprint density at radius 1 is 1.58 bits per heavy atom. The summed E-state index contributed by atoms with van der Waals surface area (Å²) in [5.74, 6) is -1.44. The highest BCUT2D eigenvalue weighted by atomic mass is 35.5. The second-order valence-corrected chi connectivity index (χ2v) is 5.56. The summed E-state index contributed by atoms with van der Waals surface area (Å²) in [4.78, 5) is 23.4. The number of hydrogen-bond acceptors (Lipinski definition) is 2. The Morgan fingerprint density at radius 3 is 2.68 bits per heavy atom. The zero-order valence-electron chi connectivity index (χ0n) is 10.9. The molecule has 0 aliphatic heterocycles. The first-order chi connectivity index (χ1) is 8.87. The molecule has 1 amide bonds. The minimum Gasteiger partial charge on any atom is -0.480 e. The lowest BCUT2D eigenvalue weighted by molar-refractivity contribution is -0.143. The number of carboxylic acids is 1. The van der Waals surface area contributed by atoms with Crippen LogP contribution in [0.4, 0.5) is 0 Å². The van der Waals surface area contributed by atoms with Crippen LogP contribution in [-0.2, 0) is 4.79 Å². The van der Waals surface area contributed by atoms with Gasteiger partial charge < -0.3 is 15.0 Å². The van der Waals surface area contributed by atoms with E-state index < -0.39 is 17.4 Å². The van der Waals surface area contributed by atoms with Gasteiger partial charge in [0.1, 0.15) is 11.2 Å². The molecule has 1 aromatic rings. The number of aromatic nitrogens is 1. The van der Waals surface area contributed by atoms with Gasteiger partial charge in [-0.25, -0.2) is 4.79 Å². The third-order valence-corrected chi connectivity index (χ3v) is 3.76. The van der Waals surface area contributed by atoms with E-state index in [9.17, 15) is 14.7 Å². The number of carboxylic acid groups (broad SMARTS) is 1. The maximum Gasteiger partial charge on any atom is 0.329 e. The van der Waals surface area contributed by atoms with Crippen LogP contribution in [0, 0.1) is 0 Å². The first-order valence-electron chi connectivity index (χ1n) is 6.30. The van der Waals surface area contributed by atoms with Crippen molar-refractivity contribution in [1.82, 2.24) is 9.88 Å². The lowest BCUT2D eigenvalue weighted by Crippen LogP contribution is -2.52. The maximum absolute atomic E-state index is 12.2. The average molecular weight is 285 g/mol. The predicted molar refractivity (Wildman–Crippen MR) is 71.5 cm³/mol. The Morgan fingerprint density at radius 2 is 2.21 bits per heavy atom. The topological polar surface area (TPSA) is 71.3 Å². The van der Waals surface area contributed by atoms with E-state index in [1.807, 2.05) is 4.57 Å². The van der Waals surface area contributed by atoms with Crippen molar-refractivity contribution >= 4 is 23.5 Å². The fourth-order valence-electron chi connectivity index (χ4n) is 1.89. The number of amides is 1. The summed E-state index contributed by atoms with van der Waals surface area (Å²) in [5.41, 5.74) is -0.837. The van der Waals surface area contributed by atoms with Crippen LogP contribution in [0.5, 0.6) is 0 Å². The lowest BCUT2D eigenvalue weighted by Gasteiger charge is -2.24. The van der Waals surface area contributed by atoms with Crippen LogP contribution in [0.1, 0.15) is 49.6 Å². The van der Waals surface area contributed by atoms with E-state index >= 15 is 0 Å². The molecule has 0 bridgehead atoms. The molecule has 6 heteroatoms. The molecule has 1 fully saturated rings. The summed E-state index contributed by atoms with van der Waals surface area (Å²) in [6, 6.07) is 1.89. The highest BCUT2D eigenvalue weighted by Crippen LogP contribution is 2.37. The molecule has 1 aliphatic rings. The Labute approximate surface area is 116 Å². The second kappa shape index (κ2) is 4.89. The fourth-order valence-corrected chi connectivity index (χ4v) is 2.10. The van der Waals surface area contributed by atoms with Crippen molar-refractivity contribution in [3.63, 3.8) is 0 Å². The van der Waals surface area contributed by atoms with Gasteiger partial charge in [-0.3, -0.25) is 4.79 Å².